The molecule has 0 fully saturated rings. The number of carbonyl (C=O) groups is 2. The molecule has 1 heterocycles. The summed E-state index contributed by atoms with van der Waals surface area (Å²) < 4.78 is 45.2. The van der Waals surface area contributed by atoms with Gasteiger partial charge < -0.3 is 20.3 Å². The number of amides is 1. The van der Waals surface area contributed by atoms with E-state index in [-0.39, 0.29) is 29.9 Å². The van der Waals surface area contributed by atoms with Crippen molar-refractivity contribution >= 4 is 33.3 Å². The molecule has 1 unspecified atom stereocenters. The lowest BCUT2D eigenvalue weighted by Gasteiger charge is -2.26. The van der Waals surface area contributed by atoms with Crippen molar-refractivity contribution < 1.29 is 37.7 Å². The molecule has 10 heteroatoms. The summed E-state index contributed by atoms with van der Waals surface area (Å²) in [6.07, 6.45) is -4.12. The SMILES string of the molecule is C=C(CC(C)(O)CC)[C@H](NC(=O)c1ccc2sccc2c1OCc1ccc(C(F)(F)F)cc1)C(=O)O. The van der Waals surface area contributed by atoms with Crippen LogP contribution in [0.25, 0.3) is 10.1 Å². The van der Waals surface area contributed by atoms with Gasteiger partial charge in [-0.25, -0.2) is 4.79 Å². The van der Waals surface area contributed by atoms with Gasteiger partial charge in [-0.3, -0.25) is 4.79 Å². The molecule has 1 aromatic heterocycles. The highest BCUT2D eigenvalue weighted by molar-refractivity contribution is 7.17. The fraction of sp³-hybridized carbons (Fsp3) is 0.308. The minimum absolute atomic E-state index is 0.0262. The summed E-state index contributed by atoms with van der Waals surface area (Å²) in [6.45, 7) is 6.95. The zero-order valence-corrected chi connectivity index (χ0v) is 20.5. The van der Waals surface area contributed by atoms with Crippen LogP contribution >= 0.6 is 11.3 Å². The molecule has 0 radical (unpaired) electrons. The van der Waals surface area contributed by atoms with Crippen LogP contribution in [0.2, 0.25) is 0 Å². The quantitative estimate of drug-likeness (QED) is 0.294. The van der Waals surface area contributed by atoms with Crippen molar-refractivity contribution in [3.63, 3.8) is 0 Å². The number of rotatable bonds is 10. The molecule has 0 bridgehead atoms. The van der Waals surface area contributed by atoms with Crippen LogP contribution in [0, 0.1) is 0 Å². The average Bonchev–Trinajstić information content (AvgIpc) is 3.29. The standard InChI is InChI=1S/C26H26F3NO5S/c1-4-25(3,34)13-15(2)21(24(32)33)30-23(31)19-9-10-20-18(11-12-36-20)22(19)35-14-16-5-7-17(8-6-16)26(27,28)29/h5-12,21,34H,2,4,13-14H2,1,3H3,(H,30,31)(H,32,33)/t21-,25?/m0/s1. The van der Waals surface area contributed by atoms with E-state index in [1.54, 1.807) is 31.4 Å². The highest BCUT2D eigenvalue weighted by Gasteiger charge is 2.31. The number of hydrogen-bond acceptors (Lipinski definition) is 5. The van der Waals surface area contributed by atoms with Gasteiger partial charge in [0.2, 0.25) is 0 Å². The fourth-order valence-electron chi connectivity index (χ4n) is 3.56. The van der Waals surface area contributed by atoms with Gasteiger partial charge in [0.25, 0.3) is 5.91 Å². The zero-order valence-electron chi connectivity index (χ0n) is 19.7. The first kappa shape index (κ1) is 27.2. The molecule has 36 heavy (non-hydrogen) atoms. The predicted molar refractivity (Wildman–Crippen MR) is 131 cm³/mol. The molecule has 0 saturated heterocycles. The second-order valence-electron chi connectivity index (χ2n) is 8.69. The number of alkyl halides is 3. The summed E-state index contributed by atoms with van der Waals surface area (Å²) in [5.41, 5.74) is -1.31. The summed E-state index contributed by atoms with van der Waals surface area (Å²) in [4.78, 5) is 25.1. The van der Waals surface area contributed by atoms with Gasteiger partial charge in [0.1, 0.15) is 18.4 Å². The summed E-state index contributed by atoms with van der Waals surface area (Å²) in [5.74, 6) is -1.87. The number of nitrogens with one attached hydrogen (secondary N) is 1. The van der Waals surface area contributed by atoms with Crippen LogP contribution in [0.5, 0.6) is 5.75 Å². The summed E-state index contributed by atoms with van der Waals surface area (Å²) >= 11 is 1.41. The third-order valence-corrected chi connectivity index (χ3v) is 6.68. The minimum Gasteiger partial charge on any atom is -0.487 e. The number of carboxylic acids is 1. The van der Waals surface area contributed by atoms with Crippen LogP contribution in [0.4, 0.5) is 13.2 Å². The Bertz CT molecular complexity index is 1260. The molecule has 192 valence electrons. The molecular weight excluding hydrogens is 495 g/mol. The number of carboxylic acid groups (broad SMARTS) is 1. The molecule has 2 atom stereocenters. The van der Waals surface area contributed by atoms with Gasteiger partial charge in [0, 0.05) is 10.1 Å². The number of aliphatic hydroxyl groups is 1. The first-order valence-corrected chi connectivity index (χ1v) is 11.9. The van der Waals surface area contributed by atoms with Crippen molar-refractivity contribution in [1.82, 2.24) is 5.32 Å². The molecule has 6 nitrogen and oxygen atoms in total. The molecule has 0 spiro atoms. The van der Waals surface area contributed by atoms with Crippen LogP contribution in [0.15, 0.2) is 60.0 Å². The molecule has 0 aliphatic heterocycles. The third kappa shape index (κ3) is 6.44. The van der Waals surface area contributed by atoms with E-state index >= 15 is 0 Å². The van der Waals surface area contributed by atoms with Gasteiger partial charge in [0.15, 0.2) is 0 Å². The summed E-state index contributed by atoms with van der Waals surface area (Å²) in [7, 11) is 0. The van der Waals surface area contributed by atoms with E-state index in [1.807, 2.05) is 0 Å². The van der Waals surface area contributed by atoms with Gasteiger partial charge in [0.05, 0.1) is 16.7 Å². The fourth-order valence-corrected chi connectivity index (χ4v) is 4.35. The maximum atomic E-state index is 13.2. The van der Waals surface area contributed by atoms with Crippen molar-refractivity contribution in [2.75, 3.05) is 0 Å². The third-order valence-electron chi connectivity index (χ3n) is 5.80. The maximum absolute atomic E-state index is 13.2. The average molecular weight is 522 g/mol. The monoisotopic (exact) mass is 521 g/mol. The Hall–Kier alpha value is -3.37. The number of ether oxygens (including phenoxy) is 1. The highest BCUT2D eigenvalue weighted by Crippen LogP contribution is 2.35. The van der Waals surface area contributed by atoms with E-state index in [9.17, 15) is 33.0 Å². The van der Waals surface area contributed by atoms with Crippen molar-refractivity contribution in [3.8, 4) is 5.75 Å². The molecule has 0 aliphatic rings. The van der Waals surface area contributed by atoms with Gasteiger partial charge >= 0.3 is 12.1 Å². The number of benzene rings is 2. The van der Waals surface area contributed by atoms with Crippen molar-refractivity contribution in [3.05, 3.63) is 76.7 Å². The topological polar surface area (TPSA) is 95.9 Å². The smallest absolute Gasteiger partial charge is 0.416 e. The van der Waals surface area contributed by atoms with Crippen LogP contribution in [0.3, 0.4) is 0 Å². The highest BCUT2D eigenvalue weighted by atomic mass is 32.1. The van der Waals surface area contributed by atoms with E-state index in [4.69, 9.17) is 4.74 Å². The molecule has 1 amide bonds. The second kappa shape index (κ2) is 10.7. The van der Waals surface area contributed by atoms with Gasteiger partial charge in [-0.1, -0.05) is 25.6 Å². The Morgan fingerprint density at radius 3 is 2.39 bits per heavy atom. The van der Waals surface area contributed by atoms with Gasteiger partial charge in [-0.2, -0.15) is 13.2 Å². The summed E-state index contributed by atoms with van der Waals surface area (Å²) in [5, 5.41) is 24.8. The lowest BCUT2D eigenvalue weighted by molar-refractivity contribution is -0.138. The second-order valence-corrected chi connectivity index (χ2v) is 9.64. The lowest BCUT2D eigenvalue weighted by atomic mass is 9.91. The van der Waals surface area contributed by atoms with Crippen LogP contribution in [-0.2, 0) is 17.6 Å². The van der Waals surface area contributed by atoms with Crippen molar-refractivity contribution in [1.29, 1.82) is 0 Å². The molecule has 3 aromatic rings. The minimum atomic E-state index is -4.46. The number of fused-ring (bicyclic) bond motifs is 1. The Kier molecular flexibility index (Phi) is 8.10. The zero-order chi connectivity index (χ0) is 26.7. The number of thiophene rings is 1. The van der Waals surface area contributed by atoms with E-state index in [2.05, 4.69) is 11.9 Å². The number of hydrogen-bond donors (Lipinski definition) is 3. The maximum Gasteiger partial charge on any atom is 0.416 e. The Morgan fingerprint density at radius 2 is 1.81 bits per heavy atom. The van der Waals surface area contributed by atoms with Crippen LogP contribution in [-0.4, -0.2) is 33.7 Å². The Labute approximate surface area is 210 Å². The lowest BCUT2D eigenvalue weighted by Crippen LogP contribution is -2.43. The van der Waals surface area contributed by atoms with Crippen LogP contribution in [0.1, 0.15) is 48.2 Å². The molecule has 0 aliphatic carbocycles. The Balaban J connectivity index is 1.86. The number of aliphatic carboxylic acids is 1. The largest absolute Gasteiger partial charge is 0.487 e. The van der Waals surface area contributed by atoms with E-state index in [1.165, 1.54) is 29.5 Å². The predicted octanol–water partition coefficient (Wildman–Crippen LogP) is 5.79. The number of carbonyl (C=O) groups excluding carboxylic acids is 1. The first-order valence-electron chi connectivity index (χ1n) is 11.0. The molecular formula is C26H26F3NO5S. The first-order chi connectivity index (χ1) is 16.8. The van der Waals surface area contributed by atoms with E-state index < -0.39 is 35.3 Å². The number of halogens is 3. The molecule has 0 saturated carbocycles. The van der Waals surface area contributed by atoms with Crippen LogP contribution < -0.4 is 10.1 Å². The van der Waals surface area contributed by atoms with E-state index in [0.29, 0.717) is 17.4 Å². The normalized spacial score (nSPS) is 14.2. The van der Waals surface area contributed by atoms with Crippen molar-refractivity contribution in [2.45, 2.75) is 51.1 Å². The molecule has 2 aromatic carbocycles. The molecule has 3 N–H and O–H groups in total. The Morgan fingerprint density at radius 1 is 1.14 bits per heavy atom. The van der Waals surface area contributed by atoms with Crippen molar-refractivity contribution in [2.24, 2.45) is 0 Å². The molecule has 3 rings (SSSR count). The van der Waals surface area contributed by atoms with Gasteiger partial charge in [-0.05, 0) is 66.6 Å². The van der Waals surface area contributed by atoms with Gasteiger partial charge in [-0.15, -0.1) is 11.3 Å². The summed E-state index contributed by atoms with van der Waals surface area (Å²) in [6, 6.07) is 7.98. The van der Waals surface area contributed by atoms with E-state index in [0.717, 1.165) is 16.8 Å².